The lowest BCUT2D eigenvalue weighted by Gasteiger charge is -2.25. The first-order valence-electron chi connectivity index (χ1n) is 7.80. The first-order chi connectivity index (χ1) is 9.93. The topological polar surface area (TPSA) is 54.3 Å². The monoisotopic (exact) mass is 311 g/mol. The van der Waals surface area contributed by atoms with Crippen molar-refractivity contribution in [1.82, 2.24) is 14.2 Å². The second kappa shape index (κ2) is 5.41. The lowest BCUT2D eigenvalue weighted by atomic mass is 10.1. The number of piperidine rings is 1. The van der Waals surface area contributed by atoms with Crippen LogP contribution in [-0.2, 0) is 16.6 Å². The fourth-order valence-corrected chi connectivity index (χ4v) is 5.54. The van der Waals surface area contributed by atoms with Crippen LogP contribution in [-0.4, -0.2) is 36.9 Å². The van der Waals surface area contributed by atoms with Gasteiger partial charge >= 0.3 is 0 Å². The molecule has 118 valence electrons. The third-order valence-electron chi connectivity index (χ3n) is 4.79. The minimum Gasteiger partial charge on any atom is -0.346 e. The highest BCUT2D eigenvalue weighted by molar-refractivity contribution is 7.89. The van der Waals surface area contributed by atoms with Crippen molar-refractivity contribution in [3.8, 4) is 0 Å². The lowest BCUT2D eigenvalue weighted by Crippen LogP contribution is -2.37. The van der Waals surface area contributed by atoms with Gasteiger partial charge in [0.15, 0.2) is 0 Å². The van der Waals surface area contributed by atoms with Crippen LogP contribution < -0.4 is 5.32 Å². The largest absolute Gasteiger partial charge is 0.346 e. The van der Waals surface area contributed by atoms with Gasteiger partial charge in [0.25, 0.3) is 0 Å². The smallest absolute Gasteiger partial charge is 0.244 e. The molecular weight excluding hydrogens is 286 g/mol. The Kier molecular flexibility index (Phi) is 3.88. The quantitative estimate of drug-likeness (QED) is 0.904. The molecule has 2 atom stereocenters. The predicted molar refractivity (Wildman–Crippen MR) is 82.6 cm³/mol. The van der Waals surface area contributed by atoms with E-state index >= 15 is 0 Å². The van der Waals surface area contributed by atoms with E-state index in [2.05, 4.69) is 23.7 Å². The summed E-state index contributed by atoms with van der Waals surface area (Å²) in [5.74, 6) is 0.578. The molecule has 1 aliphatic heterocycles. The van der Waals surface area contributed by atoms with Gasteiger partial charge in [-0.1, -0.05) is 0 Å². The van der Waals surface area contributed by atoms with Crippen molar-refractivity contribution in [2.24, 2.45) is 5.92 Å². The van der Waals surface area contributed by atoms with Gasteiger partial charge in [-0.2, -0.15) is 4.31 Å². The van der Waals surface area contributed by atoms with Gasteiger partial charge in [-0.25, -0.2) is 8.42 Å². The Labute approximate surface area is 127 Å². The van der Waals surface area contributed by atoms with Crippen molar-refractivity contribution in [1.29, 1.82) is 0 Å². The van der Waals surface area contributed by atoms with Crippen LogP contribution in [0.25, 0.3) is 0 Å². The fraction of sp³-hybridized carbons (Fsp3) is 0.733. The Morgan fingerprint density at radius 2 is 2.14 bits per heavy atom. The van der Waals surface area contributed by atoms with E-state index in [9.17, 15) is 8.42 Å². The maximum absolute atomic E-state index is 12.9. The molecule has 1 saturated heterocycles. The van der Waals surface area contributed by atoms with E-state index in [1.807, 2.05) is 13.1 Å². The summed E-state index contributed by atoms with van der Waals surface area (Å²) in [4.78, 5) is 0.453. The van der Waals surface area contributed by atoms with Crippen LogP contribution in [0, 0.1) is 5.92 Å². The zero-order valence-corrected chi connectivity index (χ0v) is 13.9. The number of hydrogen-bond acceptors (Lipinski definition) is 3. The average Bonchev–Trinajstić information content (AvgIpc) is 3.13. The molecule has 6 heteroatoms. The molecule has 21 heavy (non-hydrogen) atoms. The van der Waals surface area contributed by atoms with Gasteiger partial charge in [0, 0.05) is 37.1 Å². The molecule has 5 nitrogen and oxygen atoms in total. The Morgan fingerprint density at radius 3 is 2.67 bits per heavy atom. The SMILES string of the molecule is CNCc1cc(S(=O)(=O)N2CC3CCC2C3)cn1C(C)C. The summed E-state index contributed by atoms with van der Waals surface area (Å²) in [6.45, 7) is 5.54. The Morgan fingerprint density at radius 1 is 1.38 bits per heavy atom. The summed E-state index contributed by atoms with van der Waals surface area (Å²) in [6, 6.07) is 2.32. The third-order valence-corrected chi connectivity index (χ3v) is 6.67. The molecule has 2 unspecified atom stereocenters. The summed E-state index contributed by atoms with van der Waals surface area (Å²) in [5, 5.41) is 3.11. The number of fused-ring (bicyclic) bond motifs is 2. The van der Waals surface area contributed by atoms with Crippen LogP contribution in [0.1, 0.15) is 44.8 Å². The average molecular weight is 311 g/mol. The highest BCUT2D eigenvalue weighted by Crippen LogP contribution is 2.40. The van der Waals surface area contributed by atoms with E-state index in [4.69, 9.17) is 0 Å². The highest BCUT2D eigenvalue weighted by Gasteiger charge is 2.44. The Bertz CT molecular complexity index is 621. The number of hydrogen-bond donors (Lipinski definition) is 1. The van der Waals surface area contributed by atoms with Crippen LogP contribution in [0.4, 0.5) is 0 Å². The summed E-state index contributed by atoms with van der Waals surface area (Å²) < 4.78 is 29.6. The Hall–Kier alpha value is -0.850. The van der Waals surface area contributed by atoms with Gasteiger partial charge in [-0.3, -0.25) is 0 Å². The molecule has 1 aliphatic carbocycles. The molecule has 0 radical (unpaired) electrons. The van der Waals surface area contributed by atoms with Crippen molar-refractivity contribution in [2.75, 3.05) is 13.6 Å². The minimum absolute atomic E-state index is 0.232. The zero-order valence-electron chi connectivity index (χ0n) is 13.0. The van der Waals surface area contributed by atoms with Crippen LogP contribution in [0.5, 0.6) is 0 Å². The van der Waals surface area contributed by atoms with E-state index < -0.39 is 10.0 Å². The standard InChI is InChI=1S/C15H25N3O2S/c1-11(2)17-10-15(7-14(17)8-16-3)21(19,20)18-9-12-4-5-13(18)6-12/h7,10-13,16H,4-6,8-9H2,1-3H3. The van der Waals surface area contributed by atoms with Crippen LogP contribution in [0.3, 0.4) is 0 Å². The molecule has 1 aromatic heterocycles. The molecule has 2 fully saturated rings. The third kappa shape index (κ3) is 2.53. The fourth-order valence-electron chi connectivity index (χ4n) is 3.75. The molecule has 0 spiro atoms. The Balaban J connectivity index is 1.94. The molecule has 1 saturated carbocycles. The molecule has 0 amide bonds. The molecule has 3 rings (SSSR count). The molecule has 2 bridgehead atoms. The second-order valence-corrected chi connectivity index (χ2v) is 8.50. The van der Waals surface area contributed by atoms with Crippen molar-refractivity contribution >= 4 is 10.0 Å². The van der Waals surface area contributed by atoms with E-state index in [1.54, 1.807) is 10.5 Å². The van der Waals surface area contributed by atoms with Gasteiger partial charge in [-0.05, 0) is 52.1 Å². The van der Waals surface area contributed by atoms with E-state index in [-0.39, 0.29) is 12.1 Å². The molecule has 0 aromatic carbocycles. The summed E-state index contributed by atoms with van der Waals surface area (Å²) in [6.07, 6.45) is 5.07. The van der Waals surface area contributed by atoms with Gasteiger partial charge in [0.2, 0.25) is 10.0 Å². The number of aromatic nitrogens is 1. The van der Waals surface area contributed by atoms with Gasteiger partial charge < -0.3 is 9.88 Å². The summed E-state index contributed by atoms with van der Waals surface area (Å²) >= 11 is 0. The van der Waals surface area contributed by atoms with Crippen LogP contribution in [0.2, 0.25) is 0 Å². The maximum atomic E-state index is 12.9. The summed E-state index contributed by atoms with van der Waals surface area (Å²) in [5.41, 5.74) is 1.02. The van der Waals surface area contributed by atoms with Crippen molar-refractivity contribution in [3.63, 3.8) is 0 Å². The normalized spacial score (nSPS) is 26.1. The minimum atomic E-state index is -3.34. The van der Waals surface area contributed by atoms with Gasteiger partial charge in [-0.15, -0.1) is 0 Å². The van der Waals surface area contributed by atoms with Crippen molar-refractivity contribution < 1.29 is 8.42 Å². The number of sulfonamides is 1. The van der Waals surface area contributed by atoms with E-state index in [0.29, 0.717) is 23.9 Å². The van der Waals surface area contributed by atoms with Gasteiger partial charge in [0.05, 0.1) is 0 Å². The van der Waals surface area contributed by atoms with E-state index in [0.717, 1.165) is 18.5 Å². The molecule has 2 heterocycles. The highest BCUT2D eigenvalue weighted by atomic mass is 32.2. The molecule has 2 aliphatic rings. The number of nitrogens with zero attached hydrogens (tertiary/aromatic N) is 2. The molecular formula is C15H25N3O2S. The predicted octanol–water partition coefficient (Wildman–Crippen LogP) is 1.96. The molecule has 1 aromatic rings. The van der Waals surface area contributed by atoms with Crippen LogP contribution in [0.15, 0.2) is 17.2 Å². The lowest BCUT2D eigenvalue weighted by molar-refractivity contribution is 0.333. The molecule has 1 N–H and O–H groups in total. The van der Waals surface area contributed by atoms with Crippen molar-refractivity contribution in [2.45, 2.75) is 56.6 Å². The first kappa shape index (κ1) is 15.1. The van der Waals surface area contributed by atoms with Gasteiger partial charge in [0.1, 0.15) is 4.90 Å². The summed E-state index contributed by atoms with van der Waals surface area (Å²) in [7, 11) is -1.46. The van der Waals surface area contributed by atoms with Crippen molar-refractivity contribution in [3.05, 3.63) is 18.0 Å². The van der Waals surface area contributed by atoms with E-state index in [1.165, 1.54) is 6.42 Å². The zero-order chi connectivity index (χ0) is 15.2. The second-order valence-electron chi connectivity index (χ2n) is 6.61. The number of rotatable bonds is 5. The van der Waals surface area contributed by atoms with Crippen LogP contribution >= 0.6 is 0 Å². The maximum Gasteiger partial charge on any atom is 0.244 e. The number of nitrogens with one attached hydrogen (secondary N) is 1. The first-order valence-corrected chi connectivity index (χ1v) is 9.24.